The summed E-state index contributed by atoms with van der Waals surface area (Å²) >= 11 is 9.73. The van der Waals surface area contributed by atoms with E-state index in [4.69, 9.17) is 35.7 Å². The van der Waals surface area contributed by atoms with Crippen molar-refractivity contribution in [3.63, 3.8) is 0 Å². The second kappa shape index (κ2) is 12.2. The van der Waals surface area contributed by atoms with Gasteiger partial charge in [-0.2, -0.15) is 0 Å². The van der Waals surface area contributed by atoms with Gasteiger partial charge in [-0.15, -0.1) is 0 Å². The summed E-state index contributed by atoms with van der Waals surface area (Å²) in [6, 6.07) is 1.61. The number of rotatable bonds is 9. The van der Waals surface area contributed by atoms with Crippen molar-refractivity contribution in [2.45, 2.75) is 18.9 Å². The predicted octanol–water partition coefficient (Wildman–Crippen LogP) is 2.34. The topological polar surface area (TPSA) is 89.5 Å². The lowest BCUT2D eigenvalue weighted by molar-refractivity contribution is -0.0198. The molecule has 1 aromatic rings. The number of fused-ring (bicyclic) bond motifs is 1. The Kier molecular flexibility index (Phi) is 9.68. The van der Waals surface area contributed by atoms with Crippen molar-refractivity contribution in [2.24, 2.45) is 5.92 Å². The molecule has 0 bridgehead atoms. The number of ether oxygens (including phenoxy) is 4. The Morgan fingerprint density at radius 1 is 1.35 bits per heavy atom. The van der Waals surface area contributed by atoms with Crippen LogP contribution in [0.3, 0.4) is 0 Å². The highest BCUT2D eigenvalue weighted by Crippen LogP contribution is 2.44. The number of hydrogen-bond acceptors (Lipinski definition) is 7. The molecule has 2 aliphatic heterocycles. The van der Waals surface area contributed by atoms with Gasteiger partial charge in [0.05, 0.1) is 54.2 Å². The summed E-state index contributed by atoms with van der Waals surface area (Å²) in [5.41, 5.74) is 0.373. The number of benzene rings is 1. The Bertz CT molecular complexity index is 753. The molecular weight excluding hydrogens is 492 g/mol. The summed E-state index contributed by atoms with van der Waals surface area (Å²) in [7, 11) is 1.70. The number of halogens is 2. The standard InChI is InChI=1S/C21H30BrClN2O6/c1-28-17-13-25(5-9-29-10-6-26)4-3-14(17)12-24-21(27)15-11-16(23)18(22)20-19(15)30-7-2-8-31-20/h11,14,17,26H,2-10,12-13H2,1H3,(H,24,27)/t14-,17?/m0/s1. The molecule has 0 spiro atoms. The molecule has 0 aromatic heterocycles. The van der Waals surface area contributed by atoms with E-state index in [1.807, 2.05) is 0 Å². The molecular formula is C21H30BrClN2O6. The highest BCUT2D eigenvalue weighted by atomic mass is 79.9. The number of nitrogens with zero attached hydrogens (tertiary/aromatic N) is 1. The quantitative estimate of drug-likeness (QED) is 0.482. The summed E-state index contributed by atoms with van der Waals surface area (Å²) in [5, 5.41) is 12.2. The number of aliphatic hydroxyl groups excluding tert-OH is 1. The van der Waals surface area contributed by atoms with Gasteiger partial charge in [-0.1, -0.05) is 11.6 Å². The van der Waals surface area contributed by atoms with E-state index in [0.717, 1.165) is 32.5 Å². The van der Waals surface area contributed by atoms with Crippen LogP contribution in [0.15, 0.2) is 10.5 Å². The lowest BCUT2D eigenvalue weighted by Gasteiger charge is -2.37. The van der Waals surface area contributed by atoms with Crippen LogP contribution in [-0.4, -0.2) is 88.3 Å². The van der Waals surface area contributed by atoms with Crippen molar-refractivity contribution in [1.82, 2.24) is 10.2 Å². The number of piperidine rings is 1. The summed E-state index contributed by atoms with van der Waals surface area (Å²) in [6.45, 7) is 4.92. The zero-order valence-electron chi connectivity index (χ0n) is 17.7. The van der Waals surface area contributed by atoms with Crippen LogP contribution in [0.25, 0.3) is 0 Å². The van der Waals surface area contributed by atoms with E-state index in [-0.39, 0.29) is 24.5 Å². The van der Waals surface area contributed by atoms with Crippen LogP contribution in [0.2, 0.25) is 5.02 Å². The minimum Gasteiger partial charge on any atom is -0.489 e. The molecule has 174 valence electrons. The molecule has 1 saturated heterocycles. The molecule has 31 heavy (non-hydrogen) atoms. The maximum Gasteiger partial charge on any atom is 0.255 e. The third-order valence-electron chi connectivity index (χ3n) is 5.55. The predicted molar refractivity (Wildman–Crippen MR) is 120 cm³/mol. The summed E-state index contributed by atoms with van der Waals surface area (Å²) in [4.78, 5) is 15.3. The first-order valence-electron chi connectivity index (χ1n) is 10.5. The zero-order valence-corrected chi connectivity index (χ0v) is 20.0. The van der Waals surface area contributed by atoms with E-state index in [0.29, 0.717) is 59.5 Å². The highest BCUT2D eigenvalue weighted by Gasteiger charge is 2.30. The van der Waals surface area contributed by atoms with Gasteiger partial charge in [-0.3, -0.25) is 9.69 Å². The maximum absolute atomic E-state index is 13.0. The minimum absolute atomic E-state index is 0.0112. The van der Waals surface area contributed by atoms with E-state index in [9.17, 15) is 4.79 Å². The molecule has 2 atom stereocenters. The van der Waals surface area contributed by atoms with Crippen LogP contribution in [0, 0.1) is 5.92 Å². The van der Waals surface area contributed by atoms with Crippen LogP contribution < -0.4 is 14.8 Å². The molecule has 8 nitrogen and oxygen atoms in total. The Hall–Kier alpha value is -1.10. The summed E-state index contributed by atoms with van der Waals surface area (Å²) < 4.78 is 23.2. The fourth-order valence-corrected chi connectivity index (χ4v) is 4.45. The van der Waals surface area contributed by atoms with Crippen molar-refractivity contribution in [1.29, 1.82) is 0 Å². The number of amides is 1. The number of nitrogens with one attached hydrogen (secondary N) is 1. The first-order chi connectivity index (χ1) is 15.0. The number of methoxy groups -OCH3 is 1. The van der Waals surface area contributed by atoms with Gasteiger partial charge in [-0.05, 0) is 35.0 Å². The van der Waals surface area contributed by atoms with Crippen LogP contribution in [0.5, 0.6) is 11.5 Å². The van der Waals surface area contributed by atoms with Gasteiger partial charge in [0, 0.05) is 39.1 Å². The number of aliphatic hydroxyl groups is 1. The van der Waals surface area contributed by atoms with E-state index in [1.165, 1.54) is 0 Å². The second-order valence-electron chi connectivity index (χ2n) is 7.60. The largest absolute Gasteiger partial charge is 0.489 e. The van der Waals surface area contributed by atoms with E-state index >= 15 is 0 Å². The van der Waals surface area contributed by atoms with Crippen molar-refractivity contribution < 1.29 is 28.8 Å². The van der Waals surface area contributed by atoms with Gasteiger partial charge in [-0.25, -0.2) is 0 Å². The van der Waals surface area contributed by atoms with Crippen LogP contribution in [0.4, 0.5) is 0 Å². The molecule has 1 aromatic carbocycles. The van der Waals surface area contributed by atoms with E-state index in [2.05, 4.69) is 26.1 Å². The van der Waals surface area contributed by atoms with E-state index < -0.39 is 0 Å². The number of carbonyl (C=O) groups is 1. The van der Waals surface area contributed by atoms with Crippen LogP contribution in [0.1, 0.15) is 23.2 Å². The van der Waals surface area contributed by atoms with Gasteiger partial charge < -0.3 is 29.4 Å². The molecule has 2 N–H and O–H groups in total. The van der Waals surface area contributed by atoms with Crippen molar-refractivity contribution in [2.75, 3.05) is 66.3 Å². The molecule has 0 saturated carbocycles. The Morgan fingerprint density at radius 2 is 2.13 bits per heavy atom. The third-order valence-corrected chi connectivity index (χ3v) is 6.87. The molecule has 1 fully saturated rings. The van der Waals surface area contributed by atoms with Gasteiger partial charge in [0.15, 0.2) is 11.5 Å². The van der Waals surface area contributed by atoms with Crippen LogP contribution in [-0.2, 0) is 9.47 Å². The van der Waals surface area contributed by atoms with Crippen molar-refractivity contribution in [3.05, 3.63) is 21.1 Å². The summed E-state index contributed by atoms with van der Waals surface area (Å²) in [6.07, 6.45) is 1.65. The molecule has 1 unspecified atom stereocenters. The van der Waals surface area contributed by atoms with Gasteiger partial charge >= 0.3 is 0 Å². The van der Waals surface area contributed by atoms with Gasteiger partial charge in [0.25, 0.3) is 5.91 Å². The molecule has 0 radical (unpaired) electrons. The van der Waals surface area contributed by atoms with Crippen LogP contribution >= 0.6 is 27.5 Å². The molecule has 2 heterocycles. The zero-order chi connectivity index (χ0) is 22.2. The number of carbonyl (C=O) groups excluding carboxylic acids is 1. The fraction of sp³-hybridized carbons (Fsp3) is 0.667. The lowest BCUT2D eigenvalue weighted by atomic mass is 9.93. The van der Waals surface area contributed by atoms with Crippen molar-refractivity contribution in [3.8, 4) is 11.5 Å². The van der Waals surface area contributed by atoms with Crippen molar-refractivity contribution >= 4 is 33.4 Å². The molecule has 2 aliphatic rings. The van der Waals surface area contributed by atoms with Gasteiger partial charge in [0.1, 0.15) is 0 Å². The monoisotopic (exact) mass is 520 g/mol. The average Bonchev–Trinajstić information content (AvgIpc) is 3.04. The second-order valence-corrected chi connectivity index (χ2v) is 8.80. The first kappa shape index (κ1) is 24.5. The van der Waals surface area contributed by atoms with Gasteiger partial charge in [0.2, 0.25) is 0 Å². The molecule has 3 rings (SSSR count). The maximum atomic E-state index is 13.0. The Morgan fingerprint density at radius 3 is 2.87 bits per heavy atom. The third kappa shape index (κ3) is 6.46. The average molecular weight is 522 g/mol. The fourth-order valence-electron chi connectivity index (χ4n) is 3.85. The number of likely N-dealkylation sites (tertiary alicyclic amines) is 1. The first-order valence-corrected chi connectivity index (χ1v) is 11.7. The SMILES string of the molecule is COC1CN(CCOCCO)CC[C@H]1CNC(=O)c1cc(Cl)c(Br)c2c1OCCCO2. The normalized spacial score (nSPS) is 21.5. The molecule has 1 amide bonds. The minimum atomic E-state index is -0.245. The lowest BCUT2D eigenvalue weighted by Crippen LogP contribution is -2.49. The Labute approximate surface area is 196 Å². The Balaban J connectivity index is 1.59. The smallest absolute Gasteiger partial charge is 0.255 e. The molecule has 0 aliphatic carbocycles. The molecule has 10 heteroatoms. The summed E-state index contributed by atoms with van der Waals surface area (Å²) in [5.74, 6) is 0.852. The number of hydrogen-bond donors (Lipinski definition) is 2. The van der Waals surface area contributed by atoms with E-state index in [1.54, 1.807) is 13.2 Å². The highest BCUT2D eigenvalue weighted by molar-refractivity contribution is 9.10.